The van der Waals surface area contributed by atoms with Crippen LogP contribution in [0, 0.1) is 12.5 Å². The molecule has 0 N–H and O–H groups in total. The van der Waals surface area contributed by atoms with E-state index in [1.807, 2.05) is 6.92 Å². The van der Waals surface area contributed by atoms with Crippen LogP contribution < -0.4 is 0 Å². The fourth-order valence-corrected chi connectivity index (χ4v) is 1.03. The van der Waals surface area contributed by atoms with Gasteiger partial charge in [0.1, 0.15) is 0 Å². The van der Waals surface area contributed by atoms with Gasteiger partial charge in [-0.05, 0) is 19.3 Å². The Bertz CT molecular complexity index is 78.0. The van der Waals surface area contributed by atoms with Crippen molar-refractivity contribution in [1.29, 1.82) is 0 Å². The van der Waals surface area contributed by atoms with Crippen molar-refractivity contribution >= 4 is 0 Å². The molecule has 1 radical (unpaired) electrons. The molecule has 0 aliphatic carbocycles. The SMILES string of the molecule is [CH]=C(C)CC(CC)CC. The van der Waals surface area contributed by atoms with Crippen LogP contribution in [0.5, 0.6) is 0 Å². The maximum atomic E-state index is 5.56. The van der Waals surface area contributed by atoms with E-state index in [1.165, 1.54) is 12.8 Å². The molecule has 0 aliphatic heterocycles. The summed E-state index contributed by atoms with van der Waals surface area (Å²) in [6.45, 7) is 12.0. The molecule has 0 unspecified atom stereocenters. The van der Waals surface area contributed by atoms with Crippen LogP contribution in [0.3, 0.4) is 0 Å². The third kappa shape index (κ3) is 4.26. The zero-order valence-corrected chi connectivity index (χ0v) is 6.78. The molecule has 0 fully saturated rings. The summed E-state index contributed by atoms with van der Waals surface area (Å²) in [7, 11) is 0. The highest BCUT2D eigenvalue weighted by Gasteiger charge is 2.01. The standard InChI is InChI=1S/C9H17/c1-5-9(6-2)7-8(3)4/h3,9H,5-7H2,1-2,4H3. The Balaban J connectivity index is 3.43. The largest absolute Gasteiger partial charge is 0.0731 e. The molecule has 0 heterocycles. The van der Waals surface area contributed by atoms with Crippen molar-refractivity contribution < 1.29 is 0 Å². The Hall–Kier alpha value is -0.260. The molecule has 0 atom stereocenters. The maximum Gasteiger partial charge on any atom is -0.0292 e. The van der Waals surface area contributed by atoms with E-state index in [4.69, 9.17) is 6.58 Å². The molecule has 0 nitrogen and oxygen atoms in total. The summed E-state index contributed by atoms with van der Waals surface area (Å²) in [5, 5.41) is 0. The quantitative estimate of drug-likeness (QED) is 0.541. The van der Waals surface area contributed by atoms with Gasteiger partial charge in [-0.15, -0.1) is 0 Å². The van der Waals surface area contributed by atoms with Crippen molar-refractivity contribution in [3.63, 3.8) is 0 Å². The highest BCUT2D eigenvalue weighted by atomic mass is 14.1. The zero-order valence-electron chi connectivity index (χ0n) is 6.78. The lowest BCUT2D eigenvalue weighted by Crippen LogP contribution is -1.95. The summed E-state index contributed by atoms with van der Waals surface area (Å²) in [6, 6.07) is 0. The lowest BCUT2D eigenvalue weighted by atomic mass is 9.96. The topological polar surface area (TPSA) is 0 Å². The molecule has 0 saturated heterocycles. The molecule has 0 saturated carbocycles. The second-order valence-electron chi connectivity index (χ2n) is 2.73. The molecule has 0 rings (SSSR count). The van der Waals surface area contributed by atoms with Gasteiger partial charge in [-0.1, -0.05) is 38.8 Å². The first-order valence-electron chi connectivity index (χ1n) is 3.78. The van der Waals surface area contributed by atoms with E-state index in [2.05, 4.69) is 13.8 Å². The lowest BCUT2D eigenvalue weighted by Gasteiger charge is -2.10. The summed E-state index contributed by atoms with van der Waals surface area (Å²) in [4.78, 5) is 0. The maximum absolute atomic E-state index is 5.56. The minimum Gasteiger partial charge on any atom is -0.0731 e. The molecular weight excluding hydrogens is 108 g/mol. The van der Waals surface area contributed by atoms with Crippen LogP contribution in [0.25, 0.3) is 0 Å². The summed E-state index contributed by atoms with van der Waals surface area (Å²) in [5.41, 5.74) is 1.07. The summed E-state index contributed by atoms with van der Waals surface area (Å²) in [6.07, 6.45) is 3.61. The molecule has 9 heavy (non-hydrogen) atoms. The van der Waals surface area contributed by atoms with Crippen LogP contribution in [0.2, 0.25) is 0 Å². The minimum absolute atomic E-state index is 0.815. The van der Waals surface area contributed by atoms with Gasteiger partial charge in [0, 0.05) is 0 Å². The second-order valence-corrected chi connectivity index (χ2v) is 2.73. The van der Waals surface area contributed by atoms with Crippen LogP contribution in [0.15, 0.2) is 5.57 Å². The smallest absolute Gasteiger partial charge is 0.0292 e. The summed E-state index contributed by atoms with van der Waals surface area (Å²) >= 11 is 0. The van der Waals surface area contributed by atoms with E-state index >= 15 is 0 Å². The Labute approximate surface area is 59.0 Å². The first kappa shape index (κ1) is 8.74. The van der Waals surface area contributed by atoms with Crippen molar-refractivity contribution in [2.24, 2.45) is 5.92 Å². The monoisotopic (exact) mass is 125 g/mol. The van der Waals surface area contributed by atoms with Crippen molar-refractivity contribution in [3.8, 4) is 0 Å². The molecule has 53 valence electrons. The van der Waals surface area contributed by atoms with E-state index in [9.17, 15) is 0 Å². The highest BCUT2D eigenvalue weighted by Crippen LogP contribution is 2.16. The first-order valence-corrected chi connectivity index (χ1v) is 3.78. The molecular formula is C9H17. The van der Waals surface area contributed by atoms with E-state index in [0.717, 1.165) is 17.9 Å². The zero-order chi connectivity index (χ0) is 7.28. The van der Waals surface area contributed by atoms with Crippen molar-refractivity contribution in [2.45, 2.75) is 40.0 Å². The van der Waals surface area contributed by atoms with Gasteiger partial charge in [0.05, 0.1) is 0 Å². The van der Waals surface area contributed by atoms with E-state index in [0.29, 0.717) is 0 Å². The van der Waals surface area contributed by atoms with E-state index in [1.54, 1.807) is 0 Å². The highest BCUT2D eigenvalue weighted by molar-refractivity contribution is 4.86. The Kier molecular flexibility index (Phi) is 4.47. The fourth-order valence-electron chi connectivity index (χ4n) is 1.03. The van der Waals surface area contributed by atoms with Gasteiger partial charge in [-0.25, -0.2) is 0 Å². The van der Waals surface area contributed by atoms with Crippen molar-refractivity contribution in [2.75, 3.05) is 0 Å². The van der Waals surface area contributed by atoms with Crippen LogP contribution >= 0.6 is 0 Å². The summed E-state index contributed by atoms with van der Waals surface area (Å²) in [5.74, 6) is 0.815. The summed E-state index contributed by atoms with van der Waals surface area (Å²) < 4.78 is 0. The van der Waals surface area contributed by atoms with E-state index in [-0.39, 0.29) is 0 Å². The minimum atomic E-state index is 0.815. The molecule has 0 spiro atoms. The molecule has 0 aromatic carbocycles. The predicted molar refractivity (Wildman–Crippen MR) is 42.2 cm³/mol. The number of hydrogen-bond acceptors (Lipinski definition) is 0. The third-order valence-corrected chi connectivity index (χ3v) is 1.77. The lowest BCUT2D eigenvalue weighted by molar-refractivity contribution is 0.489. The fraction of sp³-hybridized carbons (Fsp3) is 0.778. The first-order chi connectivity index (χ1) is 4.20. The van der Waals surface area contributed by atoms with Crippen LogP contribution in [0.4, 0.5) is 0 Å². The Morgan fingerprint density at radius 1 is 1.33 bits per heavy atom. The van der Waals surface area contributed by atoms with Gasteiger partial charge < -0.3 is 0 Å². The van der Waals surface area contributed by atoms with Gasteiger partial charge >= 0.3 is 0 Å². The third-order valence-electron chi connectivity index (χ3n) is 1.77. The van der Waals surface area contributed by atoms with Crippen LogP contribution in [-0.4, -0.2) is 0 Å². The predicted octanol–water partition coefficient (Wildman–Crippen LogP) is 3.19. The van der Waals surface area contributed by atoms with E-state index < -0.39 is 0 Å². The van der Waals surface area contributed by atoms with Gasteiger partial charge in [0.2, 0.25) is 0 Å². The molecule has 0 aliphatic rings. The normalized spacial score (nSPS) is 10.2. The molecule has 0 aromatic heterocycles. The Morgan fingerprint density at radius 3 is 1.89 bits per heavy atom. The van der Waals surface area contributed by atoms with Crippen LogP contribution in [-0.2, 0) is 0 Å². The Morgan fingerprint density at radius 2 is 1.78 bits per heavy atom. The van der Waals surface area contributed by atoms with Gasteiger partial charge in [0.25, 0.3) is 0 Å². The molecule has 0 amide bonds. The van der Waals surface area contributed by atoms with Gasteiger partial charge in [-0.3, -0.25) is 0 Å². The van der Waals surface area contributed by atoms with Crippen molar-refractivity contribution in [3.05, 3.63) is 12.2 Å². The molecule has 0 heteroatoms. The van der Waals surface area contributed by atoms with Gasteiger partial charge in [-0.2, -0.15) is 0 Å². The number of rotatable bonds is 4. The van der Waals surface area contributed by atoms with Gasteiger partial charge in [0.15, 0.2) is 0 Å². The number of hydrogen-bond donors (Lipinski definition) is 0. The van der Waals surface area contributed by atoms with Crippen molar-refractivity contribution in [1.82, 2.24) is 0 Å². The molecule has 0 aromatic rings. The average Bonchev–Trinajstić information content (AvgIpc) is 1.82. The average molecular weight is 125 g/mol. The molecule has 0 bridgehead atoms. The second kappa shape index (κ2) is 4.60. The number of allylic oxidation sites excluding steroid dienone is 1. The van der Waals surface area contributed by atoms with Crippen LogP contribution in [0.1, 0.15) is 40.0 Å².